The maximum absolute atomic E-state index is 12.6. The minimum absolute atomic E-state index is 0.0465. The lowest BCUT2D eigenvalue weighted by molar-refractivity contribution is 1.47. The Labute approximate surface area is 393 Å². The van der Waals surface area contributed by atoms with Crippen LogP contribution in [0.5, 0.6) is 0 Å². The van der Waals surface area contributed by atoms with E-state index in [9.17, 15) is 14.9 Å². The van der Waals surface area contributed by atoms with Gasteiger partial charge in [0.25, 0.3) is 0 Å². The molecule has 13 rings (SSSR count). The standard InChI is InChI=1S/C34H18N2.C20H10O2.C7H4BrN/c1-36-24-16-14-23(15-17-24)34-28-9-5-3-7-26(28)30-18-31-29(19-32(30)34)25-6-2-4-8-27(25)33(31)22-12-10-21(20-35)11-13-22;21-19-13-7-3-1-5-11(13)15-9-18-16(10-17(15)19)12-6-2-4-8-14(12)20(18)22;8-7-3-1-6(5-9)2-4-7/h2-19H;1-10H;1-4H. The molecule has 310 valence electrons. The predicted octanol–water partition coefficient (Wildman–Crippen LogP) is 12.8. The zero-order chi connectivity index (χ0) is 45.8. The molecular formula is C61H32BrN3O2. The number of nitrogens with zero attached hydrogens (tertiary/aromatic N) is 3. The largest absolute Gasteiger partial charge is 0.289 e. The van der Waals surface area contributed by atoms with E-state index in [0.717, 1.165) is 47.9 Å². The molecule has 2 aliphatic carbocycles. The van der Waals surface area contributed by atoms with Gasteiger partial charge in [0.05, 0.1) is 29.8 Å². The van der Waals surface area contributed by atoms with Crippen LogP contribution >= 0.6 is 15.9 Å². The fourth-order valence-electron chi connectivity index (χ4n) is 9.72. The molecule has 0 heterocycles. The van der Waals surface area contributed by atoms with E-state index < -0.39 is 0 Å². The van der Waals surface area contributed by atoms with Gasteiger partial charge < -0.3 is 0 Å². The Kier molecular flexibility index (Phi) is 10.1. The van der Waals surface area contributed by atoms with Crippen LogP contribution in [0.25, 0.3) is 81.3 Å². The average Bonchev–Trinajstić information content (AvgIpc) is 4.07. The molecule has 5 nitrogen and oxygen atoms in total. The molecule has 0 spiro atoms. The summed E-state index contributed by atoms with van der Waals surface area (Å²) in [6.45, 7) is 7.32. The number of fused-ring (bicyclic) bond motifs is 12. The van der Waals surface area contributed by atoms with Gasteiger partial charge in [0.15, 0.2) is 16.5 Å². The van der Waals surface area contributed by atoms with Crippen molar-refractivity contribution in [1.82, 2.24) is 0 Å². The first-order valence-corrected chi connectivity index (χ1v) is 22.4. The first-order chi connectivity index (χ1) is 32.8. The number of rotatable bonds is 2. The van der Waals surface area contributed by atoms with E-state index in [1.165, 1.54) is 55.0 Å². The Hall–Kier alpha value is -8.99. The average molecular weight is 919 g/mol. The quantitative estimate of drug-likeness (QED) is 0.162. The predicted molar refractivity (Wildman–Crippen MR) is 274 cm³/mol. The van der Waals surface area contributed by atoms with Crippen molar-refractivity contribution >= 4 is 75.9 Å². The SMILES string of the molecule is N#Cc1ccc(Br)cc1.O=c1c2ccccc2c2cc3c(=O)c4ccccc4c3cc12.[C-]#[N+]c1ccc(C2=c3cc4c(cc3-c3ccccc32)=C(c2ccc(C#N)cc2)c2ccccc2-4)cc1. The summed E-state index contributed by atoms with van der Waals surface area (Å²) in [7, 11) is 0. The molecule has 0 bridgehead atoms. The third kappa shape index (κ3) is 6.82. The topological polar surface area (TPSA) is 86.1 Å². The van der Waals surface area contributed by atoms with Crippen molar-refractivity contribution in [3.8, 4) is 34.4 Å². The van der Waals surface area contributed by atoms with Crippen molar-refractivity contribution < 1.29 is 0 Å². The van der Waals surface area contributed by atoms with Crippen LogP contribution in [0.2, 0.25) is 0 Å². The highest BCUT2D eigenvalue weighted by Gasteiger charge is 2.27. The molecule has 0 saturated heterocycles. The lowest BCUT2D eigenvalue weighted by Gasteiger charge is -2.07. The van der Waals surface area contributed by atoms with Crippen LogP contribution in [0.4, 0.5) is 5.69 Å². The fraction of sp³-hybridized carbons (Fsp3) is 0. The molecule has 6 heteroatoms. The van der Waals surface area contributed by atoms with Crippen molar-refractivity contribution in [2.75, 3.05) is 0 Å². The van der Waals surface area contributed by atoms with E-state index in [1.807, 2.05) is 103 Å². The van der Waals surface area contributed by atoms with Gasteiger partial charge in [0, 0.05) is 26.0 Å². The first-order valence-electron chi connectivity index (χ1n) is 21.6. The summed E-state index contributed by atoms with van der Waals surface area (Å²) in [5, 5.41) is 26.5. The monoisotopic (exact) mass is 917 g/mol. The van der Waals surface area contributed by atoms with Gasteiger partial charge in [-0.05, 0) is 148 Å². The molecule has 0 saturated carbocycles. The number of nitriles is 2. The van der Waals surface area contributed by atoms with Crippen LogP contribution in [-0.2, 0) is 0 Å². The van der Waals surface area contributed by atoms with Gasteiger partial charge in [-0.15, -0.1) is 0 Å². The van der Waals surface area contributed by atoms with Crippen molar-refractivity contribution in [3.63, 3.8) is 0 Å². The lowest BCUT2D eigenvalue weighted by atomic mass is 9.96. The van der Waals surface area contributed by atoms with Crippen LogP contribution < -0.4 is 21.3 Å². The molecule has 0 amide bonds. The maximum atomic E-state index is 12.6. The third-order valence-corrected chi connectivity index (χ3v) is 13.3. The van der Waals surface area contributed by atoms with Crippen molar-refractivity contribution in [2.45, 2.75) is 0 Å². The van der Waals surface area contributed by atoms with E-state index in [1.54, 1.807) is 12.1 Å². The Morgan fingerprint density at radius 3 is 1.18 bits per heavy atom. The van der Waals surface area contributed by atoms with Crippen LogP contribution in [-0.4, -0.2) is 0 Å². The van der Waals surface area contributed by atoms with E-state index in [0.29, 0.717) is 27.6 Å². The summed E-state index contributed by atoms with van der Waals surface area (Å²) in [6.07, 6.45) is 0. The molecule has 0 aliphatic heterocycles. The summed E-state index contributed by atoms with van der Waals surface area (Å²) in [5.41, 5.74) is 14.1. The van der Waals surface area contributed by atoms with Crippen molar-refractivity contribution in [2.24, 2.45) is 0 Å². The normalized spacial score (nSPS) is 11.7. The second kappa shape index (κ2) is 16.5. The highest BCUT2D eigenvalue weighted by atomic mass is 79.9. The van der Waals surface area contributed by atoms with E-state index >= 15 is 0 Å². The summed E-state index contributed by atoms with van der Waals surface area (Å²) in [5.74, 6) is 0. The highest BCUT2D eigenvalue weighted by molar-refractivity contribution is 9.10. The van der Waals surface area contributed by atoms with Crippen LogP contribution in [0.1, 0.15) is 33.4 Å². The molecule has 0 fully saturated rings. The van der Waals surface area contributed by atoms with Gasteiger partial charge in [0.2, 0.25) is 0 Å². The van der Waals surface area contributed by atoms with Crippen LogP contribution in [0.15, 0.2) is 208 Å². The first kappa shape index (κ1) is 40.8. The van der Waals surface area contributed by atoms with Crippen LogP contribution in [0, 0.1) is 29.2 Å². The summed E-state index contributed by atoms with van der Waals surface area (Å²) < 4.78 is 1.00. The Bertz CT molecular complexity index is 3970. The minimum atomic E-state index is 0.0465. The maximum Gasteiger partial charge on any atom is 0.194 e. The Morgan fingerprint density at radius 1 is 0.388 bits per heavy atom. The lowest BCUT2D eigenvalue weighted by Crippen LogP contribution is -2.15. The van der Waals surface area contributed by atoms with Gasteiger partial charge in [-0.1, -0.05) is 149 Å². The number of hydrogen-bond donors (Lipinski definition) is 0. The van der Waals surface area contributed by atoms with Gasteiger partial charge in [-0.3, -0.25) is 9.59 Å². The molecule has 0 N–H and O–H groups in total. The number of benzene rings is 9. The molecule has 0 unspecified atom stereocenters. The summed E-state index contributed by atoms with van der Waals surface area (Å²) >= 11 is 3.27. The van der Waals surface area contributed by atoms with Crippen molar-refractivity contribution in [1.29, 1.82) is 10.5 Å². The summed E-state index contributed by atoms with van der Waals surface area (Å²) in [4.78, 5) is 28.8. The van der Waals surface area contributed by atoms with Crippen LogP contribution in [0.3, 0.4) is 0 Å². The zero-order valence-corrected chi connectivity index (χ0v) is 37.1. The fourth-order valence-corrected chi connectivity index (χ4v) is 9.99. The van der Waals surface area contributed by atoms with E-state index in [-0.39, 0.29) is 10.9 Å². The smallest absolute Gasteiger partial charge is 0.194 e. The van der Waals surface area contributed by atoms with Gasteiger partial charge in [0.1, 0.15) is 0 Å². The molecule has 11 aromatic rings. The third-order valence-electron chi connectivity index (χ3n) is 12.8. The molecule has 0 radical (unpaired) electrons. The van der Waals surface area contributed by atoms with Crippen molar-refractivity contribution in [3.05, 3.63) is 274 Å². The molecular weight excluding hydrogens is 887 g/mol. The molecule has 2 aliphatic rings. The Morgan fingerprint density at radius 2 is 0.761 bits per heavy atom. The summed E-state index contributed by atoms with van der Waals surface area (Å²) in [6, 6.07) is 68.1. The second-order valence-electron chi connectivity index (χ2n) is 16.4. The van der Waals surface area contributed by atoms with E-state index in [4.69, 9.17) is 11.8 Å². The molecule has 0 atom stereocenters. The highest BCUT2D eigenvalue weighted by Crippen LogP contribution is 2.40. The molecule has 67 heavy (non-hydrogen) atoms. The Balaban J connectivity index is 0.000000134. The van der Waals surface area contributed by atoms with Gasteiger partial charge in [-0.25, -0.2) is 4.85 Å². The van der Waals surface area contributed by atoms with E-state index in [2.05, 4.69) is 112 Å². The minimum Gasteiger partial charge on any atom is -0.289 e. The number of halogens is 1. The molecule has 11 aromatic carbocycles. The molecule has 0 aromatic heterocycles. The van der Waals surface area contributed by atoms with Gasteiger partial charge >= 0.3 is 0 Å². The zero-order valence-electron chi connectivity index (χ0n) is 35.5. The second-order valence-corrected chi connectivity index (χ2v) is 17.4. The number of hydrogen-bond acceptors (Lipinski definition) is 4. The van der Waals surface area contributed by atoms with Gasteiger partial charge in [-0.2, -0.15) is 10.5 Å².